The number of aromatic hydroxyl groups is 1. The fourth-order valence-electron chi connectivity index (χ4n) is 1.83. The number of phenols is 1. The van der Waals surface area contributed by atoms with E-state index in [1.165, 1.54) is 18.2 Å². The summed E-state index contributed by atoms with van der Waals surface area (Å²) in [6.45, 7) is 2.27. The molecule has 1 unspecified atom stereocenters. The number of hydrogen-bond donors (Lipinski definition) is 3. The van der Waals surface area contributed by atoms with Gasteiger partial charge in [0.1, 0.15) is 11.8 Å². The molecule has 0 aliphatic rings. The van der Waals surface area contributed by atoms with Crippen molar-refractivity contribution in [1.29, 1.82) is 0 Å². The van der Waals surface area contributed by atoms with Gasteiger partial charge in [-0.3, -0.25) is 9.69 Å². The van der Waals surface area contributed by atoms with Crippen molar-refractivity contribution in [1.82, 2.24) is 4.90 Å². The number of halogens is 1. The summed E-state index contributed by atoms with van der Waals surface area (Å²) in [5.74, 6) is -1.22. The average molecular weight is 274 g/mol. The number of likely N-dealkylation sites (N-methyl/N-ethyl adjacent to an activating group) is 1. The monoisotopic (exact) mass is 273 g/mol. The first-order valence-electron chi connectivity index (χ1n) is 5.57. The van der Waals surface area contributed by atoms with Gasteiger partial charge in [-0.15, -0.1) is 0 Å². The van der Waals surface area contributed by atoms with E-state index in [4.69, 9.17) is 16.7 Å². The quantitative estimate of drug-likeness (QED) is 0.732. The van der Waals surface area contributed by atoms with E-state index >= 15 is 0 Å². The molecule has 0 saturated carbocycles. The second kappa shape index (κ2) is 6.58. The molecule has 6 heteroatoms. The van der Waals surface area contributed by atoms with Gasteiger partial charge in [-0.1, -0.05) is 18.5 Å². The van der Waals surface area contributed by atoms with Crippen molar-refractivity contribution in [3.05, 3.63) is 28.8 Å². The van der Waals surface area contributed by atoms with E-state index in [9.17, 15) is 15.0 Å². The Morgan fingerprint density at radius 1 is 1.50 bits per heavy atom. The lowest BCUT2D eigenvalue weighted by Crippen LogP contribution is -2.36. The number of carbonyl (C=O) groups is 1. The molecule has 0 radical (unpaired) electrons. The van der Waals surface area contributed by atoms with Gasteiger partial charge in [0.15, 0.2) is 0 Å². The fraction of sp³-hybridized carbons (Fsp3) is 0.417. The van der Waals surface area contributed by atoms with E-state index < -0.39 is 12.0 Å². The number of nitrogens with zero attached hydrogens (tertiary/aromatic N) is 1. The fourth-order valence-corrected chi connectivity index (χ4v) is 2.01. The summed E-state index contributed by atoms with van der Waals surface area (Å²) in [6.07, 6.45) is 0. The normalized spacial score (nSPS) is 12.7. The van der Waals surface area contributed by atoms with E-state index in [2.05, 4.69) is 0 Å². The number of benzene rings is 1. The molecule has 0 aliphatic carbocycles. The Labute approximate surface area is 110 Å². The van der Waals surface area contributed by atoms with E-state index in [0.717, 1.165) is 0 Å². The van der Waals surface area contributed by atoms with Crippen LogP contribution in [0.5, 0.6) is 5.75 Å². The van der Waals surface area contributed by atoms with Gasteiger partial charge < -0.3 is 15.3 Å². The van der Waals surface area contributed by atoms with Gasteiger partial charge in [0, 0.05) is 17.1 Å². The number of rotatable bonds is 6. The molecule has 0 aliphatic heterocycles. The molecule has 1 aromatic rings. The van der Waals surface area contributed by atoms with Crippen molar-refractivity contribution >= 4 is 17.6 Å². The minimum atomic E-state index is -1.09. The lowest BCUT2D eigenvalue weighted by atomic mass is 10.0. The van der Waals surface area contributed by atoms with Crippen LogP contribution in [0.2, 0.25) is 5.02 Å². The van der Waals surface area contributed by atoms with Crippen LogP contribution in [-0.2, 0) is 4.79 Å². The summed E-state index contributed by atoms with van der Waals surface area (Å²) in [4.78, 5) is 12.9. The first-order valence-corrected chi connectivity index (χ1v) is 5.95. The Kier molecular flexibility index (Phi) is 5.40. The van der Waals surface area contributed by atoms with Gasteiger partial charge in [0.05, 0.1) is 6.61 Å². The Morgan fingerprint density at radius 3 is 2.67 bits per heavy atom. The Bertz CT molecular complexity index is 425. The molecule has 0 saturated heterocycles. The highest BCUT2D eigenvalue weighted by atomic mass is 35.5. The van der Waals surface area contributed by atoms with Crippen LogP contribution in [-0.4, -0.2) is 45.9 Å². The molecule has 3 N–H and O–H groups in total. The third-order valence-corrected chi connectivity index (χ3v) is 2.91. The molecule has 0 bridgehead atoms. The smallest absolute Gasteiger partial charge is 0.325 e. The maximum absolute atomic E-state index is 11.4. The molecular weight excluding hydrogens is 258 g/mol. The molecule has 0 spiro atoms. The van der Waals surface area contributed by atoms with E-state index in [-0.39, 0.29) is 24.5 Å². The maximum Gasteiger partial charge on any atom is 0.325 e. The molecule has 0 amide bonds. The van der Waals surface area contributed by atoms with E-state index in [1.54, 1.807) is 11.8 Å². The summed E-state index contributed by atoms with van der Waals surface area (Å²) in [5, 5.41) is 28.4. The van der Waals surface area contributed by atoms with Crippen LogP contribution in [0.1, 0.15) is 18.5 Å². The first kappa shape index (κ1) is 14.8. The molecule has 18 heavy (non-hydrogen) atoms. The summed E-state index contributed by atoms with van der Waals surface area (Å²) in [7, 11) is 0. The van der Waals surface area contributed by atoms with Crippen LogP contribution in [0.15, 0.2) is 18.2 Å². The molecule has 1 rings (SSSR count). The molecule has 5 nitrogen and oxygen atoms in total. The highest BCUT2D eigenvalue weighted by Crippen LogP contribution is 2.31. The number of carboxylic acids is 1. The third kappa shape index (κ3) is 3.35. The molecule has 1 aromatic carbocycles. The van der Waals surface area contributed by atoms with Crippen molar-refractivity contribution in [3.8, 4) is 5.75 Å². The molecule has 1 atom stereocenters. The third-order valence-electron chi connectivity index (χ3n) is 2.68. The summed E-state index contributed by atoms with van der Waals surface area (Å²) in [5.41, 5.74) is 0.227. The average Bonchev–Trinajstić information content (AvgIpc) is 2.32. The maximum atomic E-state index is 11.4. The highest BCUT2D eigenvalue weighted by molar-refractivity contribution is 6.30. The Morgan fingerprint density at radius 2 is 2.17 bits per heavy atom. The lowest BCUT2D eigenvalue weighted by Gasteiger charge is -2.27. The predicted octanol–water partition coefficient (Wildman–Crippen LogP) is 1.49. The number of aliphatic carboxylic acids is 1. The standard InChI is InChI=1S/C12H16ClNO4/c1-2-14(5-6-15)11(12(17)18)9-7-8(13)3-4-10(9)16/h3-4,7,11,15-16H,2,5-6H2,1H3,(H,17,18). The number of hydrogen-bond acceptors (Lipinski definition) is 4. The highest BCUT2D eigenvalue weighted by Gasteiger charge is 2.28. The Hall–Kier alpha value is -1.30. The topological polar surface area (TPSA) is 81.0 Å². The van der Waals surface area contributed by atoms with Crippen molar-refractivity contribution in [2.24, 2.45) is 0 Å². The second-order valence-corrected chi connectivity index (χ2v) is 4.23. The molecule has 0 aromatic heterocycles. The second-order valence-electron chi connectivity index (χ2n) is 3.80. The number of aliphatic hydroxyl groups is 1. The zero-order chi connectivity index (χ0) is 13.7. The van der Waals surface area contributed by atoms with E-state index in [1.807, 2.05) is 0 Å². The lowest BCUT2D eigenvalue weighted by molar-refractivity contribution is -0.143. The van der Waals surface area contributed by atoms with Gasteiger partial charge >= 0.3 is 5.97 Å². The van der Waals surface area contributed by atoms with Gasteiger partial charge in [-0.05, 0) is 24.7 Å². The zero-order valence-electron chi connectivity index (χ0n) is 10.0. The largest absolute Gasteiger partial charge is 0.508 e. The zero-order valence-corrected chi connectivity index (χ0v) is 10.8. The summed E-state index contributed by atoms with van der Waals surface area (Å²) in [6, 6.07) is 3.25. The van der Waals surface area contributed by atoms with Gasteiger partial charge in [0.2, 0.25) is 0 Å². The SMILES string of the molecule is CCN(CCO)C(C(=O)O)c1cc(Cl)ccc1O. The van der Waals surface area contributed by atoms with Gasteiger partial charge in [-0.25, -0.2) is 0 Å². The number of aliphatic hydroxyl groups excluding tert-OH is 1. The predicted molar refractivity (Wildman–Crippen MR) is 67.8 cm³/mol. The van der Waals surface area contributed by atoms with Crippen LogP contribution >= 0.6 is 11.6 Å². The van der Waals surface area contributed by atoms with Crippen LogP contribution in [0.25, 0.3) is 0 Å². The molecule has 0 heterocycles. The van der Waals surface area contributed by atoms with Gasteiger partial charge in [0.25, 0.3) is 0 Å². The first-order chi connectivity index (χ1) is 8.51. The van der Waals surface area contributed by atoms with Crippen molar-refractivity contribution in [2.75, 3.05) is 19.7 Å². The molecular formula is C12H16ClNO4. The Balaban J connectivity index is 3.18. The van der Waals surface area contributed by atoms with Crippen LogP contribution in [0, 0.1) is 0 Å². The van der Waals surface area contributed by atoms with Crippen LogP contribution in [0.4, 0.5) is 0 Å². The van der Waals surface area contributed by atoms with Crippen LogP contribution in [0.3, 0.4) is 0 Å². The van der Waals surface area contributed by atoms with Crippen molar-refractivity contribution in [3.63, 3.8) is 0 Å². The molecule has 0 fully saturated rings. The van der Waals surface area contributed by atoms with Gasteiger partial charge in [-0.2, -0.15) is 0 Å². The van der Waals surface area contributed by atoms with Crippen LogP contribution < -0.4 is 0 Å². The minimum Gasteiger partial charge on any atom is -0.508 e. The number of carboxylic acid groups (broad SMARTS) is 1. The number of phenolic OH excluding ortho intramolecular Hbond substituents is 1. The van der Waals surface area contributed by atoms with Crippen molar-refractivity contribution in [2.45, 2.75) is 13.0 Å². The summed E-state index contributed by atoms with van der Waals surface area (Å²) < 4.78 is 0. The minimum absolute atomic E-state index is 0.122. The summed E-state index contributed by atoms with van der Waals surface area (Å²) >= 11 is 5.82. The van der Waals surface area contributed by atoms with Crippen molar-refractivity contribution < 1.29 is 20.1 Å². The van der Waals surface area contributed by atoms with E-state index in [0.29, 0.717) is 11.6 Å². The molecule has 100 valence electrons.